The Kier molecular flexibility index (Phi) is 4.25. The van der Waals surface area contributed by atoms with E-state index in [4.69, 9.17) is 25.2 Å². The Balaban J connectivity index is 1.60. The van der Waals surface area contributed by atoms with Crippen molar-refractivity contribution in [2.45, 2.75) is 18.9 Å². The van der Waals surface area contributed by atoms with Crippen LogP contribution in [0.25, 0.3) is 11.3 Å². The van der Waals surface area contributed by atoms with Crippen LogP contribution in [0, 0.1) is 0 Å². The minimum absolute atomic E-state index is 0.266. The molecule has 0 aliphatic carbocycles. The van der Waals surface area contributed by atoms with Gasteiger partial charge in [-0.3, -0.25) is 0 Å². The summed E-state index contributed by atoms with van der Waals surface area (Å²) >= 11 is 0. The second-order valence-electron chi connectivity index (χ2n) is 7.06. The molecule has 0 spiro atoms. The zero-order valence-electron chi connectivity index (χ0n) is 15.2. The lowest BCUT2D eigenvalue weighted by Gasteiger charge is -2.29. The topological polar surface area (TPSA) is 103 Å². The first-order valence-corrected chi connectivity index (χ1v) is 9.45. The van der Waals surface area contributed by atoms with E-state index in [9.17, 15) is 0 Å². The van der Waals surface area contributed by atoms with Gasteiger partial charge in [-0.05, 0) is 12.8 Å². The lowest BCUT2D eigenvalue weighted by Crippen LogP contribution is -2.38. The van der Waals surface area contributed by atoms with Crippen molar-refractivity contribution in [1.82, 2.24) is 19.9 Å². The van der Waals surface area contributed by atoms with Gasteiger partial charge < -0.3 is 25.0 Å². The zero-order valence-corrected chi connectivity index (χ0v) is 15.2. The fraction of sp³-hybridized carbons (Fsp3) is 0.556. The van der Waals surface area contributed by atoms with E-state index in [2.05, 4.69) is 19.8 Å². The monoisotopic (exact) mass is 369 g/mol. The van der Waals surface area contributed by atoms with Crippen LogP contribution >= 0.6 is 0 Å². The fourth-order valence-electron chi connectivity index (χ4n) is 3.99. The summed E-state index contributed by atoms with van der Waals surface area (Å²) in [5.74, 6) is 2.03. The van der Waals surface area contributed by atoms with Crippen LogP contribution in [0.3, 0.4) is 0 Å². The quantitative estimate of drug-likeness (QED) is 0.828. The van der Waals surface area contributed by atoms with Gasteiger partial charge in [0.05, 0.1) is 31.6 Å². The van der Waals surface area contributed by atoms with Crippen molar-refractivity contribution < 1.29 is 9.47 Å². The summed E-state index contributed by atoms with van der Waals surface area (Å²) in [5, 5.41) is 0. The van der Waals surface area contributed by atoms with Gasteiger partial charge in [-0.1, -0.05) is 0 Å². The Morgan fingerprint density at radius 1 is 1.00 bits per heavy atom. The molecule has 0 radical (unpaired) electrons. The first-order valence-electron chi connectivity index (χ1n) is 9.45. The van der Waals surface area contributed by atoms with E-state index in [-0.39, 0.29) is 5.95 Å². The molecular weight excluding hydrogens is 346 g/mol. The van der Waals surface area contributed by atoms with Crippen molar-refractivity contribution >= 4 is 17.7 Å². The summed E-state index contributed by atoms with van der Waals surface area (Å²) in [6.07, 6.45) is 5.44. The van der Waals surface area contributed by atoms with Crippen LogP contribution in [0.5, 0.6) is 0 Å². The van der Waals surface area contributed by atoms with Crippen LogP contribution in [0.4, 0.5) is 17.7 Å². The van der Waals surface area contributed by atoms with Crippen molar-refractivity contribution in [3.05, 3.63) is 18.0 Å². The molecule has 2 N–H and O–H groups in total. The van der Waals surface area contributed by atoms with Crippen molar-refractivity contribution in [2.75, 3.05) is 61.6 Å². The highest BCUT2D eigenvalue weighted by atomic mass is 16.5. The molecule has 5 heterocycles. The maximum absolute atomic E-state index is 5.67. The number of hydrogen-bond acceptors (Lipinski definition) is 9. The Morgan fingerprint density at radius 3 is 2.56 bits per heavy atom. The van der Waals surface area contributed by atoms with Crippen LogP contribution in [-0.4, -0.2) is 72.0 Å². The molecule has 9 heteroatoms. The molecule has 142 valence electrons. The van der Waals surface area contributed by atoms with Crippen LogP contribution in [0.15, 0.2) is 12.4 Å². The molecule has 9 nitrogen and oxygen atoms in total. The van der Waals surface area contributed by atoms with Gasteiger partial charge in [-0.25, -0.2) is 15.0 Å². The molecule has 0 unspecified atom stereocenters. The van der Waals surface area contributed by atoms with Crippen molar-refractivity contribution in [1.29, 1.82) is 0 Å². The van der Waals surface area contributed by atoms with E-state index in [1.807, 2.05) is 0 Å². The van der Waals surface area contributed by atoms with Crippen LogP contribution in [0.2, 0.25) is 0 Å². The molecule has 2 aromatic heterocycles. The predicted molar refractivity (Wildman–Crippen MR) is 101 cm³/mol. The Morgan fingerprint density at radius 2 is 1.81 bits per heavy atom. The van der Waals surface area contributed by atoms with Gasteiger partial charge in [0.2, 0.25) is 11.9 Å². The predicted octanol–water partition coefficient (Wildman–Crippen LogP) is 0.504. The molecule has 2 saturated heterocycles. The number of nitrogens with zero attached hydrogens (tertiary/aromatic N) is 6. The zero-order chi connectivity index (χ0) is 18.2. The van der Waals surface area contributed by atoms with Gasteiger partial charge in [0.1, 0.15) is 5.82 Å². The van der Waals surface area contributed by atoms with E-state index < -0.39 is 0 Å². The smallest absolute Gasteiger partial charge is 0.228 e. The highest BCUT2D eigenvalue weighted by Gasteiger charge is 2.33. The first kappa shape index (κ1) is 16.6. The van der Waals surface area contributed by atoms with E-state index in [0.29, 0.717) is 19.3 Å². The molecule has 2 fully saturated rings. The van der Waals surface area contributed by atoms with E-state index in [0.717, 1.165) is 74.3 Å². The molecule has 0 amide bonds. The van der Waals surface area contributed by atoms with Crippen molar-refractivity contribution in [2.24, 2.45) is 0 Å². The van der Waals surface area contributed by atoms with E-state index >= 15 is 0 Å². The second-order valence-corrected chi connectivity index (χ2v) is 7.06. The van der Waals surface area contributed by atoms with E-state index in [1.165, 1.54) is 0 Å². The number of rotatable bonds is 3. The molecule has 0 saturated carbocycles. The summed E-state index contributed by atoms with van der Waals surface area (Å²) in [6.45, 7) is 5.49. The average molecular weight is 369 g/mol. The minimum atomic E-state index is 0.266. The van der Waals surface area contributed by atoms with Gasteiger partial charge in [-0.15, -0.1) is 0 Å². The first-order chi connectivity index (χ1) is 13.3. The third-order valence-electron chi connectivity index (χ3n) is 5.43. The summed E-state index contributed by atoms with van der Waals surface area (Å²) in [5.41, 5.74) is 8.61. The number of morpholine rings is 1. The molecule has 3 aliphatic rings. The number of anilines is 3. The highest BCUT2D eigenvalue weighted by Crippen LogP contribution is 2.37. The second kappa shape index (κ2) is 6.90. The van der Waals surface area contributed by atoms with Gasteiger partial charge in [0, 0.05) is 49.8 Å². The van der Waals surface area contributed by atoms with Crippen LogP contribution in [-0.2, 0) is 15.9 Å². The lowest BCUT2D eigenvalue weighted by atomic mass is 10.1. The number of hydrogen-bond donors (Lipinski definition) is 1. The van der Waals surface area contributed by atoms with E-state index in [1.54, 1.807) is 12.4 Å². The van der Waals surface area contributed by atoms with Gasteiger partial charge in [-0.2, -0.15) is 4.98 Å². The van der Waals surface area contributed by atoms with Crippen LogP contribution < -0.4 is 15.5 Å². The molecular formula is C18H23N7O2. The molecule has 5 rings (SSSR count). The third-order valence-corrected chi connectivity index (χ3v) is 5.43. The van der Waals surface area contributed by atoms with Crippen LogP contribution in [0.1, 0.15) is 12.0 Å². The third kappa shape index (κ3) is 3.06. The number of nitrogen functional groups attached to an aromatic ring is 1. The molecule has 1 atom stereocenters. The normalized spacial score (nSPS) is 22.3. The Hall–Kier alpha value is -2.52. The molecule has 3 aliphatic heterocycles. The standard InChI is InChI=1S/C18H23N7O2/c19-17-20-9-12(10-21-17)15-14-1-3-25(13-2-6-27-11-13)16(14)23-18(22-15)24-4-7-26-8-5-24/h9-10,13H,1-8,11H2,(H2,19,20,21)/t13-/m0/s1. The molecule has 0 aromatic carbocycles. The van der Waals surface area contributed by atoms with Crippen molar-refractivity contribution in [3.8, 4) is 11.3 Å². The largest absolute Gasteiger partial charge is 0.379 e. The number of ether oxygens (including phenoxy) is 2. The highest BCUT2D eigenvalue weighted by molar-refractivity contribution is 5.72. The maximum atomic E-state index is 5.67. The summed E-state index contributed by atoms with van der Waals surface area (Å²) in [6, 6.07) is 0.384. The number of nitrogens with two attached hydrogens (primary N) is 1. The van der Waals surface area contributed by atoms with Gasteiger partial charge >= 0.3 is 0 Å². The lowest BCUT2D eigenvalue weighted by molar-refractivity contribution is 0.122. The summed E-state index contributed by atoms with van der Waals surface area (Å²) in [7, 11) is 0. The SMILES string of the molecule is Nc1ncc(-c2nc(N3CCOCC3)nc3c2CCN3[C@H]2CCOC2)cn1. The molecule has 0 bridgehead atoms. The summed E-state index contributed by atoms with van der Waals surface area (Å²) < 4.78 is 11.1. The average Bonchev–Trinajstić information content (AvgIpc) is 3.38. The summed E-state index contributed by atoms with van der Waals surface area (Å²) in [4.78, 5) is 22.8. The number of fused-ring (bicyclic) bond motifs is 1. The molecule has 2 aromatic rings. The maximum Gasteiger partial charge on any atom is 0.228 e. The molecule has 27 heavy (non-hydrogen) atoms. The number of aromatic nitrogens is 4. The van der Waals surface area contributed by atoms with Gasteiger partial charge in [0.15, 0.2) is 0 Å². The minimum Gasteiger partial charge on any atom is -0.379 e. The Bertz CT molecular complexity index is 817. The van der Waals surface area contributed by atoms with Gasteiger partial charge in [0.25, 0.3) is 0 Å². The fourth-order valence-corrected chi connectivity index (χ4v) is 3.99. The Labute approximate surface area is 157 Å². The van der Waals surface area contributed by atoms with Crippen molar-refractivity contribution in [3.63, 3.8) is 0 Å².